The Balaban J connectivity index is 2.14. The van der Waals surface area contributed by atoms with E-state index in [-0.39, 0.29) is 11.8 Å². The van der Waals surface area contributed by atoms with Crippen LogP contribution in [-0.4, -0.2) is 18.4 Å². The second-order valence-electron chi connectivity index (χ2n) is 4.52. The molecule has 0 atom stereocenters. The van der Waals surface area contributed by atoms with Crippen LogP contribution in [0.1, 0.15) is 27.6 Å². The van der Waals surface area contributed by atoms with Gasteiger partial charge in [-0.25, -0.2) is 0 Å². The van der Waals surface area contributed by atoms with Crippen LogP contribution in [0.2, 0.25) is 0 Å². The molecule has 0 spiro atoms. The molecule has 0 saturated carbocycles. The summed E-state index contributed by atoms with van der Waals surface area (Å²) in [4.78, 5) is 23.9. The van der Waals surface area contributed by atoms with Crippen LogP contribution in [0, 0.1) is 0 Å². The lowest BCUT2D eigenvalue weighted by Gasteiger charge is -2.08. The van der Waals surface area contributed by atoms with Crippen LogP contribution < -0.4 is 16.4 Å². The largest absolute Gasteiger partial charge is 0.399 e. The van der Waals surface area contributed by atoms with Gasteiger partial charge in [-0.3, -0.25) is 9.59 Å². The Kier molecular flexibility index (Phi) is 4.56. The molecule has 0 bridgehead atoms. The van der Waals surface area contributed by atoms with Crippen molar-refractivity contribution in [3.63, 3.8) is 0 Å². The highest BCUT2D eigenvalue weighted by Gasteiger charge is 2.08. The quantitative estimate of drug-likeness (QED) is 0.753. The number of rotatable bonds is 4. The number of anilines is 2. The number of nitrogens with two attached hydrogens (primary N) is 1. The van der Waals surface area contributed by atoms with Crippen LogP contribution in [-0.2, 0) is 0 Å². The van der Waals surface area contributed by atoms with Crippen LogP contribution in [0.5, 0.6) is 0 Å². The number of benzene rings is 2. The van der Waals surface area contributed by atoms with Crippen molar-refractivity contribution in [3.8, 4) is 0 Å². The molecule has 0 heterocycles. The summed E-state index contributed by atoms with van der Waals surface area (Å²) in [7, 11) is 0. The van der Waals surface area contributed by atoms with Gasteiger partial charge in [-0.05, 0) is 43.3 Å². The molecule has 0 aliphatic rings. The van der Waals surface area contributed by atoms with E-state index in [4.69, 9.17) is 5.73 Å². The van der Waals surface area contributed by atoms with E-state index in [2.05, 4.69) is 10.6 Å². The number of nitrogen functional groups attached to an aromatic ring is 1. The van der Waals surface area contributed by atoms with Crippen LogP contribution >= 0.6 is 0 Å². The predicted octanol–water partition coefficient (Wildman–Crippen LogP) is 2.27. The molecule has 2 rings (SSSR count). The minimum atomic E-state index is -0.268. The summed E-state index contributed by atoms with van der Waals surface area (Å²) >= 11 is 0. The molecule has 108 valence electrons. The first kappa shape index (κ1) is 14.6. The molecule has 0 aliphatic heterocycles. The zero-order valence-corrected chi connectivity index (χ0v) is 11.7. The number of hydrogen-bond acceptors (Lipinski definition) is 3. The lowest BCUT2D eigenvalue weighted by molar-refractivity contribution is 0.0954. The van der Waals surface area contributed by atoms with Crippen LogP contribution in [0.4, 0.5) is 11.4 Å². The van der Waals surface area contributed by atoms with Crippen molar-refractivity contribution in [2.45, 2.75) is 6.92 Å². The van der Waals surface area contributed by atoms with Gasteiger partial charge >= 0.3 is 0 Å². The van der Waals surface area contributed by atoms with E-state index in [9.17, 15) is 9.59 Å². The van der Waals surface area contributed by atoms with E-state index < -0.39 is 0 Å². The van der Waals surface area contributed by atoms with Crippen molar-refractivity contribution in [3.05, 3.63) is 59.7 Å². The number of carbonyl (C=O) groups is 2. The maximum absolute atomic E-state index is 12.1. The SMILES string of the molecule is CCNC(=O)c1cccc(NC(=O)c2cccc(N)c2)c1. The number of amides is 2. The molecule has 5 nitrogen and oxygen atoms in total. The zero-order valence-electron chi connectivity index (χ0n) is 11.7. The molecule has 0 aliphatic carbocycles. The number of hydrogen-bond donors (Lipinski definition) is 3. The van der Waals surface area contributed by atoms with Gasteiger partial charge in [0.2, 0.25) is 0 Å². The average Bonchev–Trinajstić information content (AvgIpc) is 2.48. The molecule has 5 heteroatoms. The van der Waals surface area contributed by atoms with Gasteiger partial charge < -0.3 is 16.4 Å². The topological polar surface area (TPSA) is 84.2 Å². The van der Waals surface area contributed by atoms with Gasteiger partial charge in [0, 0.05) is 29.0 Å². The standard InChI is InChI=1S/C16H17N3O2/c1-2-18-15(20)12-6-4-8-14(10-12)19-16(21)11-5-3-7-13(17)9-11/h3-10H,2,17H2,1H3,(H,18,20)(H,19,21). The highest BCUT2D eigenvalue weighted by molar-refractivity contribution is 6.05. The van der Waals surface area contributed by atoms with Crippen molar-refractivity contribution in [1.29, 1.82) is 0 Å². The van der Waals surface area contributed by atoms with Crippen molar-refractivity contribution in [2.75, 3.05) is 17.6 Å². The Hall–Kier alpha value is -2.82. The summed E-state index contributed by atoms with van der Waals surface area (Å²) in [6, 6.07) is 13.5. The van der Waals surface area contributed by atoms with Gasteiger partial charge in [0.1, 0.15) is 0 Å². The first-order valence-corrected chi connectivity index (χ1v) is 6.65. The maximum atomic E-state index is 12.1. The van der Waals surface area contributed by atoms with Crippen molar-refractivity contribution < 1.29 is 9.59 Å². The summed E-state index contributed by atoms with van der Waals surface area (Å²) in [6.07, 6.45) is 0. The van der Waals surface area contributed by atoms with E-state index in [0.717, 1.165) is 0 Å². The molecule has 2 aromatic carbocycles. The minimum Gasteiger partial charge on any atom is -0.399 e. The van der Waals surface area contributed by atoms with Crippen molar-refractivity contribution >= 4 is 23.2 Å². The van der Waals surface area contributed by atoms with E-state index in [1.54, 1.807) is 48.5 Å². The third kappa shape index (κ3) is 3.82. The van der Waals surface area contributed by atoms with Gasteiger partial charge in [-0.1, -0.05) is 12.1 Å². The third-order valence-electron chi connectivity index (χ3n) is 2.87. The fourth-order valence-electron chi connectivity index (χ4n) is 1.88. The molecule has 2 amide bonds. The van der Waals surface area contributed by atoms with Gasteiger partial charge in [0.25, 0.3) is 11.8 Å². The molecule has 21 heavy (non-hydrogen) atoms. The number of nitrogens with one attached hydrogen (secondary N) is 2. The Labute approximate surface area is 123 Å². The summed E-state index contributed by atoms with van der Waals surface area (Å²) in [6.45, 7) is 2.40. The molecule has 2 aromatic rings. The van der Waals surface area contributed by atoms with Gasteiger partial charge in [-0.15, -0.1) is 0 Å². The second kappa shape index (κ2) is 6.56. The molecular weight excluding hydrogens is 266 g/mol. The molecule has 0 unspecified atom stereocenters. The molecule has 0 aromatic heterocycles. The highest BCUT2D eigenvalue weighted by Crippen LogP contribution is 2.13. The predicted molar refractivity (Wildman–Crippen MR) is 83.3 cm³/mol. The van der Waals surface area contributed by atoms with E-state index in [0.29, 0.717) is 29.0 Å². The molecule has 0 radical (unpaired) electrons. The van der Waals surface area contributed by atoms with Crippen LogP contribution in [0.25, 0.3) is 0 Å². The molecule has 4 N–H and O–H groups in total. The summed E-state index contributed by atoms with van der Waals surface area (Å²) in [5.74, 6) is -0.437. The summed E-state index contributed by atoms with van der Waals surface area (Å²) < 4.78 is 0. The van der Waals surface area contributed by atoms with Gasteiger partial charge in [0.05, 0.1) is 0 Å². The zero-order chi connectivity index (χ0) is 15.2. The summed E-state index contributed by atoms with van der Waals surface area (Å²) in [5, 5.41) is 5.46. The smallest absolute Gasteiger partial charge is 0.255 e. The fraction of sp³-hybridized carbons (Fsp3) is 0.125. The Morgan fingerprint density at radius 2 is 1.67 bits per heavy atom. The van der Waals surface area contributed by atoms with Gasteiger partial charge in [-0.2, -0.15) is 0 Å². The monoisotopic (exact) mass is 283 g/mol. The third-order valence-corrected chi connectivity index (χ3v) is 2.87. The first-order valence-electron chi connectivity index (χ1n) is 6.65. The minimum absolute atomic E-state index is 0.169. The van der Waals surface area contributed by atoms with Crippen molar-refractivity contribution in [2.24, 2.45) is 0 Å². The van der Waals surface area contributed by atoms with Crippen molar-refractivity contribution in [1.82, 2.24) is 5.32 Å². The Bertz CT molecular complexity index is 668. The van der Waals surface area contributed by atoms with Crippen LogP contribution in [0.15, 0.2) is 48.5 Å². The fourth-order valence-corrected chi connectivity index (χ4v) is 1.88. The second-order valence-corrected chi connectivity index (χ2v) is 4.52. The normalized spacial score (nSPS) is 9.95. The maximum Gasteiger partial charge on any atom is 0.255 e. The molecular formula is C16H17N3O2. The lowest BCUT2D eigenvalue weighted by Crippen LogP contribution is -2.22. The molecule has 0 saturated heterocycles. The highest BCUT2D eigenvalue weighted by atomic mass is 16.2. The Morgan fingerprint density at radius 1 is 1.00 bits per heavy atom. The first-order chi connectivity index (χ1) is 10.1. The van der Waals surface area contributed by atoms with Crippen LogP contribution in [0.3, 0.4) is 0 Å². The number of carbonyl (C=O) groups excluding carboxylic acids is 2. The lowest BCUT2D eigenvalue weighted by atomic mass is 10.1. The summed E-state index contributed by atoms with van der Waals surface area (Å²) in [5.41, 5.74) is 7.71. The van der Waals surface area contributed by atoms with E-state index >= 15 is 0 Å². The Morgan fingerprint density at radius 3 is 2.33 bits per heavy atom. The van der Waals surface area contributed by atoms with E-state index in [1.807, 2.05) is 6.92 Å². The molecule has 0 fully saturated rings. The van der Waals surface area contributed by atoms with E-state index in [1.165, 1.54) is 0 Å². The average molecular weight is 283 g/mol. The van der Waals surface area contributed by atoms with Gasteiger partial charge in [0.15, 0.2) is 0 Å².